The van der Waals surface area contributed by atoms with Gasteiger partial charge >= 0.3 is 0 Å². The molecule has 1 aliphatic heterocycles. The molecule has 1 amide bonds. The van der Waals surface area contributed by atoms with Crippen molar-refractivity contribution in [2.24, 2.45) is 5.92 Å². The molecule has 0 spiro atoms. The fourth-order valence-corrected chi connectivity index (χ4v) is 3.22. The van der Waals surface area contributed by atoms with Gasteiger partial charge in [0.05, 0.1) is 19.3 Å². The molecule has 6 nitrogen and oxygen atoms in total. The van der Waals surface area contributed by atoms with Gasteiger partial charge in [0, 0.05) is 32.7 Å². The zero-order chi connectivity index (χ0) is 19.6. The van der Waals surface area contributed by atoms with Gasteiger partial charge in [-0.15, -0.1) is 0 Å². The van der Waals surface area contributed by atoms with Crippen LogP contribution < -0.4 is 10.1 Å². The van der Waals surface area contributed by atoms with E-state index >= 15 is 0 Å². The van der Waals surface area contributed by atoms with E-state index < -0.39 is 0 Å². The van der Waals surface area contributed by atoms with Crippen molar-refractivity contribution in [2.75, 3.05) is 59.5 Å². The van der Waals surface area contributed by atoms with Crippen LogP contribution in [0.5, 0.6) is 5.75 Å². The number of hydrogen-bond donors (Lipinski definition) is 1. The summed E-state index contributed by atoms with van der Waals surface area (Å²) in [4.78, 5) is 16.6. The predicted octanol–water partition coefficient (Wildman–Crippen LogP) is 1.78. The Bertz CT molecular complexity index is 580. The number of ether oxygens (including phenoxy) is 2. The van der Waals surface area contributed by atoms with Crippen LogP contribution in [0.2, 0.25) is 0 Å². The maximum Gasteiger partial charge on any atom is 0.234 e. The van der Waals surface area contributed by atoms with Crippen molar-refractivity contribution in [1.82, 2.24) is 15.1 Å². The van der Waals surface area contributed by atoms with E-state index in [2.05, 4.69) is 24.1 Å². The smallest absolute Gasteiger partial charge is 0.234 e. The largest absolute Gasteiger partial charge is 0.492 e. The maximum atomic E-state index is 12.2. The molecule has 0 radical (unpaired) electrons. The van der Waals surface area contributed by atoms with Crippen molar-refractivity contribution < 1.29 is 14.3 Å². The lowest BCUT2D eigenvalue weighted by atomic mass is 10.2. The molecule has 1 aromatic rings. The summed E-state index contributed by atoms with van der Waals surface area (Å²) in [5.41, 5.74) is 1.12. The lowest BCUT2D eigenvalue weighted by Gasteiger charge is -2.34. The van der Waals surface area contributed by atoms with Crippen molar-refractivity contribution in [3.8, 4) is 5.75 Å². The number of hydrogen-bond acceptors (Lipinski definition) is 5. The Morgan fingerprint density at radius 3 is 2.93 bits per heavy atom. The zero-order valence-corrected chi connectivity index (χ0v) is 17.2. The quantitative estimate of drug-likeness (QED) is 0.674. The van der Waals surface area contributed by atoms with Gasteiger partial charge in [-0.25, -0.2) is 0 Å². The minimum atomic E-state index is 0.0259. The van der Waals surface area contributed by atoms with E-state index in [0.717, 1.165) is 37.6 Å². The molecule has 27 heavy (non-hydrogen) atoms. The molecule has 1 aromatic carbocycles. The zero-order valence-electron chi connectivity index (χ0n) is 17.2. The summed E-state index contributed by atoms with van der Waals surface area (Å²) in [6.45, 7) is 12.4. The topological polar surface area (TPSA) is 54.0 Å². The number of amides is 1. The van der Waals surface area contributed by atoms with Crippen LogP contribution >= 0.6 is 0 Å². The predicted molar refractivity (Wildman–Crippen MR) is 108 cm³/mol. The van der Waals surface area contributed by atoms with E-state index in [0.29, 0.717) is 32.2 Å². The Morgan fingerprint density at radius 1 is 1.41 bits per heavy atom. The average Bonchev–Trinajstić information content (AvgIpc) is 2.61. The lowest BCUT2D eigenvalue weighted by Crippen LogP contribution is -2.49. The van der Waals surface area contributed by atoms with Crippen LogP contribution in [0.3, 0.4) is 0 Å². The standard InChI is InChI=1S/C21H35N3O3/c1-17(2)14-24-10-12-26-19(15-24)13-22-21(25)16-23(4)9-11-27-20-8-6-5-7-18(20)3/h5-8,17,19H,9-16H2,1-4H3,(H,22,25). The molecule has 1 atom stereocenters. The number of likely N-dealkylation sites (N-methyl/N-ethyl adjacent to an activating group) is 1. The van der Waals surface area contributed by atoms with Crippen molar-refractivity contribution in [1.29, 1.82) is 0 Å². The average molecular weight is 378 g/mol. The number of benzene rings is 1. The van der Waals surface area contributed by atoms with Gasteiger partial charge in [-0.05, 0) is 31.5 Å². The van der Waals surface area contributed by atoms with E-state index in [1.165, 1.54) is 0 Å². The normalized spacial score (nSPS) is 18.1. The highest BCUT2D eigenvalue weighted by Crippen LogP contribution is 2.15. The summed E-state index contributed by atoms with van der Waals surface area (Å²) < 4.78 is 11.6. The molecule has 1 aliphatic rings. The Labute approximate surface area is 163 Å². The first kappa shape index (κ1) is 21.7. The van der Waals surface area contributed by atoms with Crippen LogP contribution in [-0.2, 0) is 9.53 Å². The van der Waals surface area contributed by atoms with Gasteiger partial charge in [0.25, 0.3) is 0 Å². The SMILES string of the molecule is Cc1ccccc1OCCN(C)CC(=O)NCC1CN(CC(C)C)CCO1. The van der Waals surface area contributed by atoms with Crippen molar-refractivity contribution in [3.63, 3.8) is 0 Å². The first-order valence-corrected chi connectivity index (χ1v) is 9.91. The molecule has 0 aromatic heterocycles. The maximum absolute atomic E-state index is 12.2. The van der Waals surface area contributed by atoms with Gasteiger partial charge in [-0.1, -0.05) is 32.0 Å². The van der Waals surface area contributed by atoms with Crippen molar-refractivity contribution >= 4 is 5.91 Å². The first-order chi connectivity index (χ1) is 12.9. The number of nitrogens with one attached hydrogen (secondary N) is 1. The number of carbonyl (C=O) groups is 1. The van der Waals surface area contributed by atoms with Gasteiger partial charge in [-0.2, -0.15) is 0 Å². The molecule has 1 N–H and O–H groups in total. The summed E-state index contributed by atoms with van der Waals surface area (Å²) in [6.07, 6.45) is 0.0798. The van der Waals surface area contributed by atoms with Crippen molar-refractivity contribution in [2.45, 2.75) is 26.9 Å². The summed E-state index contributed by atoms with van der Waals surface area (Å²) in [5.74, 6) is 1.57. The highest BCUT2D eigenvalue weighted by atomic mass is 16.5. The Balaban J connectivity index is 1.61. The van der Waals surface area contributed by atoms with Crippen molar-refractivity contribution in [3.05, 3.63) is 29.8 Å². The molecule has 6 heteroatoms. The van der Waals surface area contributed by atoms with Crippen LogP contribution in [0, 0.1) is 12.8 Å². The molecule has 0 aliphatic carbocycles. The molecule has 0 bridgehead atoms. The fraction of sp³-hybridized carbons (Fsp3) is 0.667. The fourth-order valence-electron chi connectivity index (χ4n) is 3.22. The first-order valence-electron chi connectivity index (χ1n) is 9.91. The number of aryl methyl sites for hydroxylation is 1. The summed E-state index contributed by atoms with van der Waals surface area (Å²) in [6, 6.07) is 7.96. The third-order valence-electron chi connectivity index (χ3n) is 4.61. The van der Waals surface area contributed by atoms with Crippen LogP contribution in [0.4, 0.5) is 0 Å². The second-order valence-corrected chi connectivity index (χ2v) is 7.80. The molecule has 1 heterocycles. The van der Waals surface area contributed by atoms with E-state index in [1.807, 2.05) is 43.1 Å². The van der Waals surface area contributed by atoms with Crippen LogP contribution in [0.25, 0.3) is 0 Å². The van der Waals surface area contributed by atoms with E-state index in [4.69, 9.17) is 9.47 Å². The highest BCUT2D eigenvalue weighted by molar-refractivity contribution is 5.78. The highest BCUT2D eigenvalue weighted by Gasteiger charge is 2.21. The number of nitrogens with zero attached hydrogens (tertiary/aromatic N) is 2. The number of morpholine rings is 1. The molecular weight excluding hydrogens is 342 g/mol. The summed E-state index contributed by atoms with van der Waals surface area (Å²) >= 11 is 0. The van der Waals surface area contributed by atoms with Gasteiger partial charge in [0.2, 0.25) is 5.91 Å². The summed E-state index contributed by atoms with van der Waals surface area (Å²) in [7, 11) is 1.93. The molecule has 2 rings (SSSR count). The molecule has 152 valence electrons. The van der Waals surface area contributed by atoms with Gasteiger partial charge in [0.15, 0.2) is 0 Å². The minimum absolute atomic E-state index is 0.0259. The second-order valence-electron chi connectivity index (χ2n) is 7.80. The van der Waals surface area contributed by atoms with Gasteiger partial charge in [0.1, 0.15) is 12.4 Å². The lowest BCUT2D eigenvalue weighted by molar-refractivity contribution is -0.123. The molecule has 1 saturated heterocycles. The number of para-hydroxylation sites is 1. The second kappa shape index (κ2) is 11.3. The monoisotopic (exact) mass is 377 g/mol. The Hall–Kier alpha value is -1.63. The minimum Gasteiger partial charge on any atom is -0.492 e. The Kier molecular flexibility index (Phi) is 9.04. The molecule has 1 unspecified atom stereocenters. The Morgan fingerprint density at radius 2 is 2.19 bits per heavy atom. The van der Waals surface area contributed by atoms with Crippen LogP contribution in [0.1, 0.15) is 19.4 Å². The number of rotatable bonds is 10. The molecule has 0 saturated carbocycles. The third kappa shape index (κ3) is 8.28. The van der Waals surface area contributed by atoms with Gasteiger partial charge in [-0.3, -0.25) is 14.6 Å². The molecular formula is C21H35N3O3. The van der Waals surface area contributed by atoms with E-state index in [-0.39, 0.29) is 12.0 Å². The summed E-state index contributed by atoms with van der Waals surface area (Å²) in [5, 5.41) is 3.00. The number of carbonyl (C=O) groups excluding carboxylic acids is 1. The van der Waals surface area contributed by atoms with Crippen LogP contribution in [0.15, 0.2) is 24.3 Å². The van der Waals surface area contributed by atoms with Crippen LogP contribution in [-0.4, -0.2) is 81.3 Å². The van der Waals surface area contributed by atoms with E-state index in [1.54, 1.807) is 0 Å². The molecule has 1 fully saturated rings. The van der Waals surface area contributed by atoms with E-state index in [9.17, 15) is 4.79 Å². The van der Waals surface area contributed by atoms with Gasteiger partial charge < -0.3 is 14.8 Å². The third-order valence-corrected chi connectivity index (χ3v) is 4.61.